The van der Waals surface area contributed by atoms with E-state index < -0.39 is 0 Å². The molecule has 2 N–H and O–H groups in total. The molecule has 0 aliphatic carbocycles. The van der Waals surface area contributed by atoms with Crippen molar-refractivity contribution >= 4 is 27.7 Å². The minimum atomic E-state index is -0.384. The van der Waals surface area contributed by atoms with E-state index in [-0.39, 0.29) is 5.91 Å². The predicted octanol–water partition coefficient (Wildman–Crippen LogP) is 2.91. The molecule has 0 aliphatic rings. The molecule has 3 heteroatoms. The number of benzene rings is 2. The van der Waals surface area contributed by atoms with Crippen LogP contribution in [0.1, 0.15) is 17.3 Å². The van der Waals surface area contributed by atoms with E-state index in [1.165, 1.54) is 5.52 Å². The van der Waals surface area contributed by atoms with Crippen LogP contribution >= 0.6 is 0 Å². The van der Waals surface area contributed by atoms with E-state index in [0.29, 0.717) is 5.56 Å². The average Bonchev–Trinajstić information content (AvgIpc) is 2.71. The van der Waals surface area contributed by atoms with Crippen LogP contribution in [0.4, 0.5) is 0 Å². The number of nitrogens with zero attached hydrogens (tertiary/aromatic N) is 1. The molecule has 1 amide bonds. The second-order valence-electron chi connectivity index (χ2n) is 4.36. The van der Waals surface area contributed by atoms with Crippen molar-refractivity contribution in [3.8, 4) is 0 Å². The zero-order chi connectivity index (χ0) is 12.7. The zero-order valence-electron chi connectivity index (χ0n) is 10.2. The first kappa shape index (κ1) is 10.8. The summed E-state index contributed by atoms with van der Waals surface area (Å²) in [5.41, 5.74) is 8.23. The van der Waals surface area contributed by atoms with Crippen LogP contribution in [0, 0.1) is 0 Å². The van der Waals surface area contributed by atoms with Crippen LogP contribution in [-0.2, 0) is 6.54 Å². The second-order valence-corrected chi connectivity index (χ2v) is 4.36. The molecule has 0 saturated heterocycles. The second kappa shape index (κ2) is 3.88. The highest BCUT2D eigenvalue weighted by molar-refractivity contribution is 6.10. The largest absolute Gasteiger partial charge is 0.366 e. The van der Waals surface area contributed by atoms with Gasteiger partial charge >= 0.3 is 0 Å². The smallest absolute Gasteiger partial charge is 0.248 e. The summed E-state index contributed by atoms with van der Waals surface area (Å²) in [6, 6.07) is 13.9. The minimum absolute atomic E-state index is 0.384. The number of hydrogen-bond donors (Lipinski definition) is 1. The monoisotopic (exact) mass is 238 g/mol. The van der Waals surface area contributed by atoms with E-state index in [2.05, 4.69) is 23.6 Å². The van der Waals surface area contributed by atoms with Gasteiger partial charge in [-0.15, -0.1) is 0 Å². The van der Waals surface area contributed by atoms with Gasteiger partial charge in [0, 0.05) is 33.9 Å². The molecule has 18 heavy (non-hydrogen) atoms. The molecule has 0 atom stereocenters. The van der Waals surface area contributed by atoms with Crippen molar-refractivity contribution in [1.82, 2.24) is 4.57 Å². The number of fused-ring (bicyclic) bond motifs is 3. The van der Waals surface area contributed by atoms with Gasteiger partial charge in [0.1, 0.15) is 0 Å². The lowest BCUT2D eigenvalue weighted by molar-refractivity contribution is 0.100. The molecule has 3 aromatic rings. The van der Waals surface area contributed by atoms with Gasteiger partial charge in [-0.1, -0.05) is 18.2 Å². The van der Waals surface area contributed by atoms with Crippen LogP contribution < -0.4 is 5.73 Å². The predicted molar refractivity (Wildman–Crippen MR) is 73.6 cm³/mol. The molecule has 0 saturated carbocycles. The Bertz CT molecular complexity index is 756. The van der Waals surface area contributed by atoms with Crippen LogP contribution in [0.15, 0.2) is 42.5 Å². The molecule has 90 valence electrons. The quantitative estimate of drug-likeness (QED) is 0.733. The Hall–Kier alpha value is -2.29. The van der Waals surface area contributed by atoms with Crippen molar-refractivity contribution in [2.45, 2.75) is 13.5 Å². The number of nitrogens with two attached hydrogens (primary N) is 1. The summed E-state index contributed by atoms with van der Waals surface area (Å²) in [5, 5.41) is 2.25. The summed E-state index contributed by atoms with van der Waals surface area (Å²) in [5.74, 6) is -0.384. The summed E-state index contributed by atoms with van der Waals surface area (Å²) < 4.78 is 2.25. The van der Waals surface area contributed by atoms with Gasteiger partial charge in [-0.05, 0) is 31.2 Å². The number of carbonyl (C=O) groups excluding carboxylic acids is 1. The van der Waals surface area contributed by atoms with Gasteiger partial charge in [0.2, 0.25) is 5.91 Å². The molecule has 1 heterocycles. The summed E-state index contributed by atoms with van der Waals surface area (Å²) >= 11 is 0. The molecule has 0 spiro atoms. The number of hydrogen-bond acceptors (Lipinski definition) is 1. The Morgan fingerprint density at radius 3 is 2.56 bits per heavy atom. The van der Waals surface area contributed by atoms with Crippen LogP contribution in [-0.4, -0.2) is 10.5 Å². The number of rotatable bonds is 2. The van der Waals surface area contributed by atoms with E-state index in [1.807, 2.05) is 24.3 Å². The molecule has 3 nitrogen and oxygen atoms in total. The van der Waals surface area contributed by atoms with Gasteiger partial charge in [-0.25, -0.2) is 0 Å². The Morgan fingerprint density at radius 1 is 1.11 bits per heavy atom. The fourth-order valence-corrected chi connectivity index (χ4v) is 2.55. The molecule has 0 fully saturated rings. The topological polar surface area (TPSA) is 48.0 Å². The third-order valence-electron chi connectivity index (χ3n) is 3.37. The molecule has 1 aromatic heterocycles. The molecule has 2 aromatic carbocycles. The fourth-order valence-electron chi connectivity index (χ4n) is 2.55. The lowest BCUT2D eigenvalue weighted by atomic mass is 10.1. The number of aromatic nitrogens is 1. The summed E-state index contributed by atoms with van der Waals surface area (Å²) in [6.45, 7) is 3.02. The SMILES string of the molecule is CCn1c2ccccc2c2cc(C(N)=O)ccc21. The average molecular weight is 238 g/mol. The molecule has 0 aliphatic heterocycles. The summed E-state index contributed by atoms with van der Waals surface area (Å²) in [6.07, 6.45) is 0. The van der Waals surface area contributed by atoms with Crippen molar-refractivity contribution in [3.63, 3.8) is 0 Å². The standard InChI is InChI=1S/C15H14N2O/c1-2-17-13-6-4-3-5-11(13)12-9-10(15(16)18)7-8-14(12)17/h3-9H,2H2,1H3,(H2,16,18). The zero-order valence-corrected chi connectivity index (χ0v) is 10.2. The number of primary amides is 1. The van der Waals surface area contributed by atoms with Crippen molar-refractivity contribution in [2.24, 2.45) is 5.73 Å². The first-order valence-electron chi connectivity index (χ1n) is 6.03. The lowest BCUT2D eigenvalue weighted by Crippen LogP contribution is -2.10. The highest BCUT2D eigenvalue weighted by Crippen LogP contribution is 2.29. The first-order chi connectivity index (χ1) is 8.72. The van der Waals surface area contributed by atoms with Crippen LogP contribution in [0.2, 0.25) is 0 Å². The third kappa shape index (κ3) is 1.40. The molecule has 3 rings (SSSR count). The maximum Gasteiger partial charge on any atom is 0.248 e. The number of amides is 1. The van der Waals surface area contributed by atoms with Crippen molar-refractivity contribution in [2.75, 3.05) is 0 Å². The maximum atomic E-state index is 11.3. The summed E-state index contributed by atoms with van der Waals surface area (Å²) in [4.78, 5) is 11.3. The van der Waals surface area contributed by atoms with E-state index in [1.54, 1.807) is 6.07 Å². The van der Waals surface area contributed by atoms with Crippen molar-refractivity contribution < 1.29 is 4.79 Å². The molecular weight excluding hydrogens is 224 g/mol. The van der Waals surface area contributed by atoms with Crippen LogP contribution in [0.5, 0.6) is 0 Å². The third-order valence-corrected chi connectivity index (χ3v) is 3.37. The van der Waals surface area contributed by atoms with Gasteiger partial charge in [-0.2, -0.15) is 0 Å². The molecule has 0 bridgehead atoms. The number of carbonyl (C=O) groups is 1. The Kier molecular flexibility index (Phi) is 2.33. The van der Waals surface area contributed by atoms with Gasteiger partial charge in [0.05, 0.1) is 0 Å². The highest BCUT2D eigenvalue weighted by Gasteiger charge is 2.10. The number of aryl methyl sites for hydroxylation is 1. The Morgan fingerprint density at radius 2 is 1.83 bits per heavy atom. The van der Waals surface area contributed by atoms with Crippen molar-refractivity contribution in [3.05, 3.63) is 48.0 Å². The number of para-hydroxylation sites is 1. The minimum Gasteiger partial charge on any atom is -0.366 e. The van der Waals surface area contributed by atoms with E-state index in [4.69, 9.17) is 5.73 Å². The normalized spacial score (nSPS) is 11.2. The van der Waals surface area contributed by atoms with Crippen LogP contribution in [0.3, 0.4) is 0 Å². The van der Waals surface area contributed by atoms with Crippen LogP contribution in [0.25, 0.3) is 21.8 Å². The summed E-state index contributed by atoms with van der Waals surface area (Å²) in [7, 11) is 0. The maximum absolute atomic E-state index is 11.3. The van der Waals surface area contributed by atoms with E-state index >= 15 is 0 Å². The first-order valence-corrected chi connectivity index (χ1v) is 6.03. The van der Waals surface area contributed by atoms with E-state index in [9.17, 15) is 4.79 Å². The van der Waals surface area contributed by atoms with Gasteiger partial charge in [0.25, 0.3) is 0 Å². The van der Waals surface area contributed by atoms with Gasteiger partial charge in [0.15, 0.2) is 0 Å². The molecule has 0 unspecified atom stereocenters. The Labute approximate surface area is 105 Å². The van der Waals surface area contributed by atoms with E-state index in [0.717, 1.165) is 22.8 Å². The van der Waals surface area contributed by atoms with Gasteiger partial charge in [-0.3, -0.25) is 4.79 Å². The highest BCUT2D eigenvalue weighted by atomic mass is 16.1. The fraction of sp³-hybridized carbons (Fsp3) is 0.133. The molecular formula is C15H14N2O. The Balaban J connectivity index is 2.48. The van der Waals surface area contributed by atoms with Gasteiger partial charge < -0.3 is 10.3 Å². The van der Waals surface area contributed by atoms with Crippen molar-refractivity contribution in [1.29, 1.82) is 0 Å². The molecule has 0 radical (unpaired) electrons. The lowest BCUT2D eigenvalue weighted by Gasteiger charge is -2.02.